The number of cyclic esters (lactones) is 1. The summed E-state index contributed by atoms with van der Waals surface area (Å²) in [4.78, 5) is 26.0. The van der Waals surface area contributed by atoms with E-state index in [-0.39, 0.29) is 24.0 Å². The van der Waals surface area contributed by atoms with Crippen molar-refractivity contribution >= 4 is 23.7 Å². The summed E-state index contributed by atoms with van der Waals surface area (Å²) in [5.74, 6) is 3.18. The zero-order chi connectivity index (χ0) is 14.4. The number of ether oxygens (including phenoxy) is 2. The number of hydrogen-bond acceptors (Lipinski definition) is 6. The molecule has 5 unspecified atom stereocenters. The van der Waals surface area contributed by atoms with Crippen LogP contribution in [0.3, 0.4) is 0 Å². The minimum atomic E-state index is -0.0961. The second-order valence-electron chi connectivity index (χ2n) is 6.63. The first-order valence-electron chi connectivity index (χ1n) is 7.88. The molecule has 0 aromatic carbocycles. The molecule has 4 fully saturated rings. The fraction of sp³-hybridized carbons (Fsp3) is 0.867. The molecule has 5 nitrogen and oxygen atoms in total. The molecule has 0 radical (unpaired) electrons. The van der Waals surface area contributed by atoms with Crippen LogP contribution in [0.5, 0.6) is 0 Å². The molecule has 5 atom stereocenters. The quantitative estimate of drug-likeness (QED) is 0.718. The largest absolute Gasteiger partial charge is 0.465 e. The van der Waals surface area contributed by atoms with Crippen molar-refractivity contribution in [3.63, 3.8) is 0 Å². The summed E-state index contributed by atoms with van der Waals surface area (Å²) < 4.78 is 10.9. The van der Waals surface area contributed by atoms with Gasteiger partial charge < -0.3 is 9.47 Å². The molecule has 21 heavy (non-hydrogen) atoms. The Morgan fingerprint density at radius 1 is 1.29 bits per heavy atom. The van der Waals surface area contributed by atoms with E-state index in [2.05, 4.69) is 4.90 Å². The second-order valence-corrected chi connectivity index (χ2v) is 7.86. The lowest BCUT2D eigenvalue weighted by Gasteiger charge is -2.30. The number of carbonyl (C=O) groups excluding carboxylic acids is 2. The van der Waals surface area contributed by atoms with Crippen molar-refractivity contribution in [1.29, 1.82) is 0 Å². The van der Waals surface area contributed by atoms with Gasteiger partial charge in [0.05, 0.1) is 19.1 Å². The van der Waals surface area contributed by atoms with Gasteiger partial charge in [-0.25, -0.2) is 0 Å². The Balaban J connectivity index is 1.32. The van der Waals surface area contributed by atoms with E-state index in [0.29, 0.717) is 30.9 Å². The fourth-order valence-corrected chi connectivity index (χ4v) is 5.56. The molecule has 0 aromatic heterocycles. The first kappa shape index (κ1) is 13.9. The highest BCUT2D eigenvalue weighted by atomic mass is 32.2. The molecule has 6 heteroatoms. The van der Waals surface area contributed by atoms with Gasteiger partial charge in [-0.3, -0.25) is 14.5 Å². The topological polar surface area (TPSA) is 55.8 Å². The smallest absolute Gasteiger partial charge is 0.320 e. The van der Waals surface area contributed by atoms with Crippen LogP contribution >= 0.6 is 11.8 Å². The third-order valence-corrected chi connectivity index (χ3v) is 6.48. The number of esters is 2. The van der Waals surface area contributed by atoms with Crippen molar-refractivity contribution in [3.05, 3.63) is 0 Å². The van der Waals surface area contributed by atoms with E-state index in [1.165, 1.54) is 0 Å². The third kappa shape index (κ3) is 2.46. The molecule has 0 amide bonds. The highest BCUT2D eigenvalue weighted by Crippen LogP contribution is 2.56. The van der Waals surface area contributed by atoms with Gasteiger partial charge in [-0.2, -0.15) is 11.8 Å². The van der Waals surface area contributed by atoms with E-state index < -0.39 is 0 Å². The Kier molecular flexibility index (Phi) is 3.61. The monoisotopic (exact) mass is 311 g/mol. The lowest BCUT2D eigenvalue weighted by atomic mass is 9.80. The van der Waals surface area contributed by atoms with E-state index in [9.17, 15) is 9.59 Å². The summed E-state index contributed by atoms with van der Waals surface area (Å²) in [6.45, 7) is 2.90. The number of thioether (sulfide) groups is 1. The summed E-state index contributed by atoms with van der Waals surface area (Å²) in [7, 11) is 0. The molecular weight excluding hydrogens is 290 g/mol. The summed E-state index contributed by atoms with van der Waals surface area (Å²) in [6.07, 6.45) is 1.89. The molecule has 0 N–H and O–H groups in total. The molecular formula is C15H21NO4S. The maximum atomic E-state index is 12.1. The summed E-state index contributed by atoms with van der Waals surface area (Å²) in [6, 6.07) is 0. The highest BCUT2D eigenvalue weighted by Gasteiger charge is 2.60. The zero-order valence-electron chi connectivity index (χ0n) is 12.0. The van der Waals surface area contributed by atoms with Crippen LogP contribution in [0.2, 0.25) is 0 Å². The average molecular weight is 311 g/mol. The van der Waals surface area contributed by atoms with E-state index in [1.54, 1.807) is 0 Å². The van der Waals surface area contributed by atoms with E-state index >= 15 is 0 Å². The Bertz CT molecular complexity index is 451. The minimum Gasteiger partial charge on any atom is -0.465 e. The van der Waals surface area contributed by atoms with Gasteiger partial charge in [0.1, 0.15) is 6.10 Å². The van der Waals surface area contributed by atoms with Crippen molar-refractivity contribution < 1.29 is 19.1 Å². The van der Waals surface area contributed by atoms with Crippen LogP contribution in [0.4, 0.5) is 0 Å². The summed E-state index contributed by atoms with van der Waals surface area (Å²) in [5.41, 5.74) is 0. The maximum absolute atomic E-state index is 12.1. The number of fused-ring (bicyclic) bond motifs is 5. The maximum Gasteiger partial charge on any atom is 0.320 e. The Morgan fingerprint density at radius 2 is 2.10 bits per heavy atom. The fourth-order valence-electron chi connectivity index (χ4n) is 4.58. The van der Waals surface area contributed by atoms with Crippen LogP contribution in [-0.4, -0.2) is 60.7 Å². The van der Waals surface area contributed by atoms with Gasteiger partial charge in [-0.05, 0) is 18.8 Å². The predicted octanol–water partition coefficient (Wildman–Crippen LogP) is 0.776. The van der Waals surface area contributed by atoms with Gasteiger partial charge in [0, 0.05) is 36.4 Å². The Labute approximate surface area is 128 Å². The van der Waals surface area contributed by atoms with Crippen molar-refractivity contribution in [3.8, 4) is 0 Å². The molecule has 2 saturated carbocycles. The minimum absolute atomic E-state index is 0.0115. The normalized spacial score (nSPS) is 41.9. The van der Waals surface area contributed by atoms with Gasteiger partial charge in [0.2, 0.25) is 0 Å². The number of hydrogen-bond donors (Lipinski definition) is 0. The summed E-state index contributed by atoms with van der Waals surface area (Å²) in [5, 5.41) is 0. The van der Waals surface area contributed by atoms with Crippen molar-refractivity contribution in [2.75, 3.05) is 37.7 Å². The highest BCUT2D eigenvalue weighted by molar-refractivity contribution is 7.99. The lowest BCUT2D eigenvalue weighted by molar-refractivity contribution is -0.154. The van der Waals surface area contributed by atoms with E-state index in [0.717, 1.165) is 37.4 Å². The first-order valence-corrected chi connectivity index (χ1v) is 9.04. The van der Waals surface area contributed by atoms with Gasteiger partial charge >= 0.3 is 11.9 Å². The average Bonchev–Trinajstić information content (AvgIpc) is 3.13. The molecule has 2 aliphatic carbocycles. The second kappa shape index (κ2) is 5.47. The van der Waals surface area contributed by atoms with Crippen LogP contribution in [0.15, 0.2) is 0 Å². The molecule has 116 valence electrons. The van der Waals surface area contributed by atoms with E-state index in [1.807, 2.05) is 11.8 Å². The molecule has 2 aliphatic heterocycles. The third-order valence-electron chi connectivity index (χ3n) is 5.54. The molecule has 2 heterocycles. The van der Waals surface area contributed by atoms with Crippen LogP contribution < -0.4 is 0 Å². The van der Waals surface area contributed by atoms with Crippen LogP contribution in [0, 0.1) is 23.7 Å². The molecule has 2 saturated heterocycles. The number of nitrogens with zero attached hydrogens (tertiary/aromatic N) is 1. The molecule has 0 spiro atoms. The predicted molar refractivity (Wildman–Crippen MR) is 77.8 cm³/mol. The van der Waals surface area contributed by atoms with Gasteiger partial charge in [0.15, 0.2) is 0 Å². The van der Waals surface area contributed by atoms with Crippen molar-refractivity contribution in [1.82, 2.24) is 4.90 Å². The first-order chi connectivity index (χ1) is 10.2. The van der Waals surface area contributed by atoms with Crippen LogP contribution in [-0.2, 0) is 19.1 Å². The standard InChI is InChI=1S/C15H21NO4S/c17-13(7-16-1-3-21-4-2-16)20-12-6-9-5-10(12)11-8-19-15(18)14(9)11/h9-12,14H,1-8H2. The SMILES string of the molecule is O=C(CN1CCSCC1)OC1CC2CC1C1COC(=O)C21. The number of carbonyl (C=O) groups is 2. The lowest BCUT2D eigenvalue weighted by Crippen LogP contribution is -2.40. The van der Waals surface area contributed by atoms with Gasteiger partial charge in [-0.15, -0.1) is 0 Å². The van der Waals surface area contributed by atoms with Crippen LogP contribution in [0.25, 0.3) is 0 Å². The van der Waals surface area contributed by atoms with Crippen molar-refractivity contribution in [2.24, 2.45) is 23.7 Å². The molecule has 0 aromatic rings. The molecule has 4 aliphatic rings. The Morgan fingerprint density at radius 3 is 2.90 bits per heavy atom. The Hall–Kier alpha value is -0.750. The van der Waals surface area contributed by atoms with E-state index in [4.69, 9.17) is 9.47 Å². The van der Waals surface area contributed by atoms with Gasteiger partial charge in [0.25, 0.3) is 0 Å². The van der Waals surface area contributed by atoms with Crippen molar-refractivity contribution in [2.45, 2.75) is 18.9 Å². The van der Waals surface area contributed by atoms with Gasteiger partial charge in [-0.1, -0.05) is 0 Å². The molecule has 4 rings (SSSR count). The van der Waals surface area contributed by atoms with Crippen LogP contribution in [0.1, 0.15) is 12.8 Å². The number of rotatable bonds is 3. The molecule has 2 bridgehead atoms. The summed E-state index contributed by atoms with van der Waals surface area (Å²) >= 11 is 1.94. The zero-order valence-corrected chi connectivity index (χ0v) is 12.8.